The summed E-state index contributed by atoms with van der Waals surface area (Å²) in [7, 11) is 0. The number of halogens is 1. The molecule has 0 aromatic heterocycles. The summed E-state index contributed by atoms with van der Waals surface area (Å²) in [6.07, 6.45) is 0. The maximum atomic E-state index is 13.0. The van der Waals surface area contributed by atoms with Crippen molar-refractivity contribution in [2.75, 3.05) is 5.75 Å². The van der Waals surface area contributed by atoms with Crippen LogP contribution in [-0.2, 0) is 21.9 Å². The number of carbonyl (C=O) groups is 2. The number of rotatable bonds is 9. The quantitative estimate of drug-likeness (QED) is 0.617. The van der Waals surface area contributed by atoms with Crippen LogP contribution in [0.5, 0.6) is 0 Å². The third-order valence-electron chi connectivity index (χ3n) is 4.44. The maximum Gasteiger partial charge on any atom is 0.242 e. The molecule has 2 aromatic carbocycles. The maximum absolute atomic E-state index is 13.0. The number of hydrogen-bond acceptors (Lipinski definition) is 3. The second-order valence-corrected chi connectivity index (χ2v) is 8.89. The van der Waals surface area contributed by atoms with Crippen molar-refractivity contribution in [3.63, 3.8) is 0 Å². The molecule has 0 fully saturated rings. The second kappa shape index (κ2) is 11.3. The molecule has 0 spiro atoms. The predicted octanol–water partition coefficient (Wildman–Crippen LogP) is 4.82. The summed E-state index contributed by atoms with van der Waals surface area (Å²) in [5.41, 5.74) is 3.34. The number of benzene rings is 2. The smallest absolute Gasteiger partial charge is 0.242 e. The predicted molar refractivity (Wildman–Crippen MR) is 122 cm³/mol. The molecule has 0 saturated carbocycles. The summed E-state index contributed by atoms with van der Waals surface area (Å²) in [5, 5.41) is 3.54. The van der Waals surface area contributed by atoms with Gasteiger partial charge in [-0.05, 0) is 51.0 Å². The molecule has 4 nitrogen and oxygen atoms in total. The molecule has 0 saturated heterocycles. The minimum absolute atomic E-state index is 0.0214. The number of amides is 2. The van der Waals surface area contributed by atoms with Gasteiger partial charge in [-0.3, -0.25) is 9.59 Å². The van der Waals surface area contributed by atoms with E-state index in [0.29, 0.717) is 17.3 Å². The molecule has 0 radical (unpaired) electrons. The number of nitrogens with one attached hydrogen (secondary N) is 1. The average molecular weight is 433 g/mol. The molecule has 6 heteroatoms. The zero-order chi connectivity index (χ0) is 21.4. The molecule has 0 heterocycles. The van der Waals surface area contributed by atoms with Crippen LogP contribution in [0.1, 0.15) is 37.5 Å². The fourth-order valence-electron chi connectivity index (χ4n) is 2.92. The molecule has 0 aliphatic heterocycles. The third-order valence-corrected chi connectivity index (χ3v) is 5.68. The van der Waals surface area contributed by atoms with Gasteiger partial charge in [-0.25, -0.2) is 0 Å². The molecule has 1 atom stereocenters. The monoisotopic (exact) mass is 432 g/mol. The minimum Gasteiger partial charge on any atom is -0.352 e. The number of nitrogens with zero attached hydrogens (tertiary/aromatic N) is 1. The largest absolute Gasteiger partial charge is 0.352 e. The summed E-state index contributed by atoms with van der Waals surface area (Å²) in [6, 6.07) is 15.1. The van der Waals surface area contributed by atoms with Crippen molar-refractivity contribution in [3.05, 3.63) is 70.2 Å². The Morgan fingerprint density at radius 1 is 1.07 bits per heavy atom. The van der Waals surface area contributed by atoms with Gasteiger partial charge in [0.25, 0.3) is 0 Å². The molecular weight excluding hydrogens is 404 g/mol. The van der Waals surface area contributed by atoms with E-state index in [-0.39, 0.29) is 17.9 Å². The van der Waals surface area contributed by atoms with Crippen molar-refractivity contribution in [2.24, 2.45) is 0 Å². The lowest BCUT2D eigenvalue weighted by atomic mass is 10.1. The molecule has 0 aliphatic carbocycles. The lowest BCUT2D eigenvalue weighted by molar-refractivity contribution is -0.138. The number of hydrogen-bond donors (Lipinski definition) is 1. The topological polar surface area (TPSA) is 49.4 Å². The normalized spacial score (nSPS) is 11.9. The van der Waals surface area contributed by atoms with Crippen LogP contribution < -0.4 is 5.32 Å². The molecule has 0 unspecified atom stereocenters. The summed E-state index contributed by atoms with van der Waals surface area (Å²) in [6.45, 7) is 8.02. The van der Waals surface area contributed by atoms with Gasteiger partial charge >= 0.3 is 0 Å². The number of carbonyl (C=O) groups excluding carboxylic acids is 2. The van der Waals surface area contributed by atoms with Gasteiger partial charge in [0.15, 0.2) is 0 Å². The van der Waals surface area contributed by atoms with E-state index in [1.165, 1.54) is 11.1 Å². The van der Waals surface area contributed by atoms with Crippen LogP contribution >= 0.6 is 23.4 Å². The Morgan fingerprint density at radius 3 is 2.38 bits per heavy atom. The zero-order valence-corrected chi connectivity index (χ0v) is 19.0. The van der Waals surface area contributed by atoms with E-state index >= 15 is 0 Å². The summed E-state index contributed by atoms with van der Waals surface area (Å²) >= 11 is 7.53. The molecule has 1 N–H and O–H groups in total. The summed E-state index contributed by atoms with van der Waals surface area (Å²) in [5.74, 6) is 0.880. The Bertz CT molecular complexity index is 824. The fraction of sp³-hybridized carbons (Fsp3) is 0.391. The average Bonchev–Trinajstić information content (AvgIpc) is 2.66. The number of aryl methyl sites for hydroxylation is 1. The van der Waals surface area contributed by atoms with Gasteiger partial charge in [-0.15, -0.1) is 11.8 Å². The van der Waals surface area contributed by atoms with E-state index in [4.69, 9.17) is 11.6 Å². The molecular formula is C23H29ClN2O2S. The lowest BCUT2D eigenvalue weighted by Crippen LogP contribution is -2.49. The zero-order valence-electron chi connectivity index (χ0n) is 17.4. The van der Waals surface area contributed by atoms with Crippen molar-refractivity contribution in [1.29, 1.82) is 0 Å². The van der Waals surface area contributed by atoms with Crippen molar-refractivity contribution in [1.82, 2.24) is 10.2 Å². The van der Waals surface area contributed by atoms with Gasteiger partial charge in [0.05, 0.1) is 5.75 Å². The fourth-order valence-corrected chi connectivity index (χ4v) is 3.90. The van der Waals surface area contributed by atoms with Crippen LogP contribution in [0.4, 0.5) is 0 Å². The molecule has 156 valence electrons. The Morgan fingerprint density at radius 2 is 1.76 bits per heavy atom. The van der Waals surface area contributed by atoms with Gasteiger partial charge in [-0.2, -0.15) is 0 Å². The van der Waals surface area contributed by atoms with E-state index in [0.717, 1.165) is 11.3 Å². The van der Waals surface area contributed by atoms with Gasteiger partial charge in [0.2, 0.25) is 11.8 Å². The van der Waals surface area contributed by atoms with Crippen molar-refractivity contribution >= 4 is 35.2 Å². The Kier molecular flexibility index (Phi) is 9.05. The van der Waals surface area contributed by atoms with Crippen molar-refractivity contribution in [2.45, 2.75) is 52.1 Å². The lowest BCUT2D eigenvalue weighted by Gasteiger charge is -2.29. The van der Waals surface area contributed by atoms with Crippen LogP contribution in [0.15, 0.2) is 48.5 Å². The highest BCUT2D eigenvalue weighted by Crippen LogP contribution is 2.18. The first-order chi connectivity index (χ1) is 13.8. The highest BCUT2D eigenvalue weighted by Gasteiger charge is 2.26. The van der Waals surface area contributed by atoms with E-state index < -0.39 is 6.04 Å². The highest BCUT2D eigenvalue weighted by molar-refractivity contribution is 7.99. The summed E-state index contributed by atoms with van der Waals surface area (Å²) in [4.78, 5) is 27.2. The molecule has 29 heavy (non-hydrogen) atoms. The standard InChI is InChI=1S/C23H29ClN2O2S/c1-16(2)25-23(28)18(4)26(13-19-8-10-21(24)11-9-19)22(27)15-29-14-20-7-5-6-17(3)12-20/h5-12,16,18H,13-15H2,1-4H3,(H,25,28)/t18-/m1/s1. The minimum atomic E-state index is -0.555. The van der Waals surface area contributed by atoms with Crippen LogP contribution in [0.2, 0.25) is 5.02 Å². The van der Waals surface area contributed by atoms with E-state index in [9.17, 15) is 9.59 Å². The summed E-state index contributed by atoms with van der Waals surface area (Å²) < 4.78 is 0. The molecule has 2 aromatic rings. The van der Waals surface area contributed by atoms with Crippen LogP contribution in [0.25, 0.3) is 0 Å². The van der Waals surface area contributed by atoms with E-state index in [1.807, 2.05) is 32.0 Å². The SMILES string of the molecule is Cc1cccc(CSCC(=O)N(Cc2ccc(Cl)cc2)[C@H](C)C(=O)NC(C)C)c1. The second-order valence-electron chi connectivity index (χ2n) is 7.47. The van der Waals surface area contributed by atoms with Crippen molar-refractivity contribution < 1.29 is 9.59 Å². The van der Waals surface area contributed by atoms with Crippen LogP contribution in [0.3, 0.4) is 0 Å². The van der Waals surface area contributed by atoms with Crippen LogP contribution in [0, 0.1) is 6.92 Å². The Hall–Kier alpha value is -1.98. The van der Waals surface area contributed by atoms with E-state index in [1.54, 1.807) is 35.7 Å². The first-order valence-electron chi connectivity index (χ1n) is 9.74. The van der Waals surface area contributed by atoms with Gasteiger partial charge in [0, 0.05) is 23.4 Å². The Labute approximate surface area is 183 Å². The van der Waals surface area contributed by atoms with Gasteiger partial charge < -0.3 is 10.2 Å². The highest BCUT2D eigenvalue weighted by atomic mass is 35.5. The molecule has 0 aliphatic rings. The molecule has 2 rings (SSSR count). The van der Waals surface area contributed by atoms with E-state index in [2.05, 4.69) is 30.4 Å². The Balaban J connectivity index is 2.06. The van der Waals surface area contributed by atoms with Crippen molar-refractivity contribution in [3.8, 4) is 0 Å². The third kappa shape index (κ3) is 7.75. The van der Waals surface area contributed by atoms with Gasteiger partial charge in [-0.1, -0.05) is 53.6 Å². The first-order valence-corrected chi connectivity index (χ1v) is 11.3. The van der Waals surface area contributed by atoms with Gasteiger partial charge in [0.1, 0.15) is 6.04 Å². The first kappa shape index (κ1) is 23.3. The molecule has 0 bridgehead atoms. The molecule has 2 amide bonds. The number of thioether (sulfide) groups is 1. The van der Waals surface area contributed by atoms with Crippen LogP contribution in [-0.4, -0.2) is 34.6 Å².